The van der Waals surface area contributed by atoms with Gasteiger partial charge in [-0.05, 0) is 25.8 Å². The van der Waals surface area contributed by atoms with E-state index in [1.54, 1.807) is 31.2 Å². The largest absolute Gasteiger partial charge is 0.452 e. The number of aryl methyl sites for hydroxylation is 1. The number of nitrogens with one attached hydrogen (secondary N) is 1. The minimum atomic E-state index is -0.877. The number of benzene rings is 1. The van der Waals surface area contributed by atoms with Gasteiger partial charge in [-0.2, -0.15) is 5.26 Å². The molecule has 1 heterocycles. The van der Waals surface area contributed by atoms with Crippen molar-refractivity contribution in [2.75, 3.05) is 6.61 Å². The average Bonchev–Trinajstić information content (AvgIpc) is 3.08. The molecule has 0 bridgehead atoms. The number of nitriles is 1. The van der Waals surface area contributed by atoms with Gasteiger partial charge >= 0.3 is 5.97 Å². The number of hydrogen-bond donors (Lipinski definition) is 1. The molecule has 8 heteroatoms. The molecule has 0 radical (unpaired) electrons. The lowest BCUT2D eigenvalue weighted by molar-refractivity contribution is -0.125. The Bertz CT molecular complexity index is 926. The standard InChI is InChI=1S/C20H20ClN3O4/c1-13-17(18(24-28-13)14-7-3-4-8-15(14)21)19(26)27-11-16(25)23-20(12-22)9-5-2-6-10-20/h3-4,7-8H,2,5-6,9-11H2,1H3,(H,23,25). The van der Waals surface area contributed by atoms with Crippen molar-refractivity contribution in [1.29, 1.82) is 5.26 Å². The van der Waals surface area contributed by atoms with E-state index in [9.17, 15) is 14.9 Å². The molecule has 1 N–H and O–H groups in total. The van der Waals surface area contributed by atoms with Crippen molar-refractivity contribution >= 4 is 23.5 Å². The highest BCUT2D eigenvalue weighted by Crippen LogP contribution is 2.31. The summed E-state index contributed by atoms with van der Waals surface area (Å²) in [5.74, 6) is -0.982. The number of esters is 1. The summed E-state index contributed by atoms with van der Waals surface area (Å²) >= 11 is 6.18. The first-order valence-corrected chi connectivity index (χ1v) is 9.44. The van der Waals surface area contributed by atoms with Gasteiger partial charge in [-0.25, -0.2) is 4.79 Å². The highest BCUT2D eigenvalue weighted by atomic mass is 35.5. The fourth-order valence-corrected chi connectivity index (χ4v) is 3.60. The molecule has 1 aliphatic rings. The fraction of sp³-hybridized carbons (Fsp3) is 0.400. The Morgan fingerprint density at radius 2 is 2.04 bits per heavy atom. The molecule has 0 unspecified atom stereocenters. The van der Waals surface area contributed by atoms with Crippen LogP contribution < -0.4 is 5.32 Å². The van der Waals surface area contributed by atoms with E-state index >= 15 is 0 Å². The molecule has 28 heavy (non-hydrogen) atoms. The van der Waals surface area contributed by atoms with E-state index in [1.807, 2.05) is 0 Å². The number of halogens is 1. The summed E-state index contributed by atoms with van der Waals surface area (Å²) in [5, 5.41) is 16.5. The molecule has 1 aromatic heterocycles. The van der Waals surface area contributed by atoms with Crippen LogP contribution in [0.1, 0.15) is 48.2 Å². The predicted molar refractivity (Wildman–Crippen MR) is 102 cm³/mol. The van der Waals surface area contributed by atoms with Crippen molar-refractivity contribution in [2.24, 2.45) is 0 Å². The molecule has 146 valence electrons. The van der Waals surface area contributed by atoms with Crippen molar-refractivity contribution in [2.45, 2.75) is 44.6 Å². The Labute approximate surface area is 167 Å². The molecule has 1 fully saturated rings. The first-order chi connectivity index (χ1) is 13.5. The van der Waals surface area contributed by atoms with Gasteiger partial charge in [0.15, 0.2) is 6.61 Å². The van der Waals surface area contributed by atoms with Crippen LogP contribution >= 0.6 is 11.6 Å². The van der Waals surface area contributed by atoms with Crippen LogP contribution in [0.2, 0.25) is 5.02 Å². The number of amides is 1. The molecular formula is C20H20ClN3O4. The van der Waals surface area contributed by atoms with Crippen molar-refractivity contribution < 1.29 is 18.8 Å². The highest BCUT2D eigenvalue weighted by Gasteiger charge is 2.34. The summed E-state index contributed by atoms with van der Waals surface area (Å²) < 4.78 is 10.3. The minimum Gasteiger partial charge on any atom is -0.452 e. The van der Waals surface area contributed by atoms with Crippen LogP contribution in [0.4, 0.5) is 0 Å². The smallest absolute Gasteiger partial charge is 0.344 e. The first kappa shape index (κ1) is 19.9. The maximum atomic E-state index is 12.6. The lowest BCUT2D eigenvalue weighted by atomic mass is 9.83. The van der Waals surface area contributed by atoms with Crippen LogP contribution in [0.3, 0.4) is 0 Å². The number of rotatable bonds is 5. The van der Waals surface area contributed by atoms with E-state index in [2.05, 4.69) is 16.5 Å². The number of aromatic nitrogens is 1. The van der Waals surface area contributed by atoms with Gasteiger partial charge in [0.1, 0.15) is 22.6 Å². The van der Waals surface area contributed by atoms with Crippen LogP contribution in [-0.4, -0.2) is 29.2 Å². The van der Waals surface area contributed by atoms with Crippen molar-refractivity contribution in [3.05, 3.63) is 40.6 Å². The minimum absolute atomic E-state index is 0.119. The summed E-state index contributed by atoms with van der Waals surface area (Å²) in [6, 6.07) is 9.11. The number of hydrogen-bond acceptors (Lipinski definition) is 6. The summed E-state index contributed by atoms with van der Waals surface area (Å²) in [6.45, 7) is 1.09. The highest BCUT2D eigenvalue weighted by molar-refractivity contribution is 6.33. The summed E-state index contributed by atoms with van der Waals surface area (Å²) in [7, 11) is 0. The van der Waals surface area contributed by atoms with Gasteiger partial charge in [-0.15, -0.1) is 0 Å². The second kappa shape index (κ2) is 8.44. The van der Waals surface area contributed by atoms with E-state index in [0.29, 0.717) is 23.4 Å². The average molecular weight is 402 g/mol. The van der Waals surface area contributed by atoms with E-state index in [-0.39, 0.29) is 17.0 Å². The van der Waals surface area contributed by atoms with Crippen LogP contribution in [0.15, 0.2) is 28.8 Å². The zero-order valence-electron chi connectivity index (χ0n) is 15.5. The van der Waals surface area contributed by atoms with E-state index in [1.165, 1.54) is 0 Å². The van der Waals surface area contributed by atoms with Gasteiger partial charge in [0, 0.05) is 5.56 Å². The van der Waals surface area contributed by atoms with Gasteiger partial charge in [-0.3, -0.25) is 4.79 Å². The maximum Gasteiger partial charge on any atom is 0.344 e. The number of carbonyl (C=O) groups excluding carboxylic acids is 2. The molecule has 1 amide bonds. The molecule has 7 nitrogen and oxygen atoms in total. The number of ether oxygens (including phenoxy) is 1. The zero-order chi connectivity index (χ0) is 20.1. The summed E-state index contributed by atoms with van der Waals surface area (Å²) in [5.41, 5.74) is 0.0308. The number of nitrogens with zero attached hydrogens (tertiary/aromatic N) is 2. The molecular weight excluding hydrogens is 382 g/mol. The number of carbonyl (C=O) groups is 2. The first-order valence-electron chi connectivity index (χ1n) is 9.06. The zero-order valence-corrected chi connectivity index (χ0v) is 16.2. The topological polar surface area (TPSA) is 105 Å². The van der Waals surface area contributed by atoms with E-state index in [0.717, 1.165) is 19.3 Å². The third-order valence-electron chi connectivity index (χ3n) is 4.83. The lowest BCUT2D eigenvalue weighted by Gasteiger charge is -2.31. The Balaban J connectivity index is 1.69. The van der Waals surface area contributed by atoms with Gasteiger partial charge in [0.2, 0.25) is 0 Å². The molecule has 1 aliphatic carbocycles. The normalized spacial score (nSPS) is 15.5. The van der Waals surface area contributed by atoms with Crippen LogP contribution in [0.5, 0.6) is 0 Å². The van der Waals surface area contributed by atoms with E-state index in [4.69, 9.17) is 20.9 Å². The van der Waals surface area contributed by atoms with Crippen LogP contribution in [0.25, 0.3) is 11.3 Å². The molecule has 0 aliphatic heterocycles. The second-order valence-electron chi connectivity index (χ2n) is 6.82. The molecule has 0 saturated heterocycles. The fourth-order valence-electron chi connectivity index (χ4n) is 3.38. The Kier molecular flexibility index (Phi) is 6.00. The van der Waals surface area contributed by atoms with Crippen LogP contribution in [-0.2, 0) is 9.53 Å². The summed E-state index contributed by atoms with van der Waals surface area (Å²) in [6.07, 6.45) is 4.02. The molecule has 2 aromatic rings. The molecule has 0 spiro atoms. The van der Waals surface area contributed by atoms with Gasteiger partial charge in [-0.1, -0.05) is 54.2 Å². The molecule has 1 saturated carbocycles. The lowest BCUT2D eigenvalue weighted by Crippen LogP contribution is -2.50. The molecule has 0 atom stereocenters. The Morgan fingerprint density at radius 1 is 1.32 bits per heavy atom. The van der Waals surface area contributed by atoms with Gasteiger partial charge in [0.25, 0.3) is 5.91 Å². The van der Waals surface area contributed by atoms with E-state index < -0.39 is 24.0 Å². The maximum absolute atomic E-state index is 12.6. The van der Waals surface area contributed by atoms with Crippen molar-refractivity contribution in [3.8, 4) is 17.3 Å². The molecule has 3 rings (SSSR count). The summed E-state index contributed by atoms with van der Waals surface area (Å²) in [4.78, 5) is 24.8. The Hall–Kier alpha value is -2.85. The third-order valence-corrected chi connectivity index (χ3v) is 5.16. The predicted octanol–water partition coefficient (Wildman–Crippen LogP) is 3.80. The van der Waals surface area contributed by atoms with Crippen molar-refractivity contribution in [3.63, 3.8) is 0 Å². The van der Waals surface area contributed by atoms with Gasteiger partial charge < -0.3 is 14.6 Å². The van der Waals surface area contributed by atoms with Crippen molar-refractivity contribution in [1.82, 2.24) is 10.5 Å². The van der Waals surface area contributed by atoms with Crippen LogP contribution in [0, 0.1) is 18.3 Å². The monoisotopic (exact) mass is 401 g/mol. The third kappa shape index (κ3) is 4.18. The second-order valence-corrected chi connectivity index (χ2v) is 7.23. The van der Waals surface area contributed by atoms with Gasteiger partial charge in [0.05, 0.1) is 11.1 Å². The SMILES string of the molecule is Cc1onc(-c2ccccc2Cl)c1C(=O)OCC(=O)NC1(C#N)CCCCC1. The molecule has 1 aromatic carbocycles. The Morgan fingerprint density at radius 3 is 2.71 bits per heavy atom. The quantitative estimate of drug-likeness (QED) is 0.764.